The van der Waals surface area contributed by atoms with Gasteiger partial charge >= 0.3 is 5.63 Å². The van der Waals surface area contributed by atoms with Gasteiger partial charge < -0.3 is 9.52 Å². The molecule has 0 spiro atoms. The monoisotopic (exact) mass is 386 g/mol. The Kier molecular flexibility index (Phi) is 5.31. The summed E-state index contributed by atoms with van der Waals surface area (Å²) in [5.41, 5.74) is 1.66. The largest absolute Gasteiger partial charge is 0.507 e. The van der Waals surface area contributed by atoms with Crippen molar-refractivity contribution in [2.45, 2.75) is 10.6 Å². The topological polar surface area (TPSA) is 50.4 Å². The standard InChI is InChI=1S/C24H18O3S/c25-22-20(16-28-19-14-8-3-9-15-19)23(18-12-6-2-7-13-18)27-24(26)21(22)17-10-4-1-5-11-17/h1-15,25H,16H2. The molecule has 3 aromatic carbocycles. The number of rotatable bonds is 5. The summed E-state index contributed by atoms with van der Waals surface area (Å²) in [4.78, 5) is 13.8. The Bertz CT molecular complexity index is 1120. The molecule has 4 heteroatoms. The molecule has 4 aromatic rings. The van der Waals surface area contributed by atoms with Gasteiger partial charge in [-0.05, 0) is 17.7 Å². The molecule has 1 N–H and O–H groups in total. The number of aromatic hydroxyl groups is 1. The second-order valence-electron chi connectivity index (χ2n) is 6.25. The zero-order valence-electron chi connectivity index (χ0n) is 15.0. The minimum absolute atomic E-state index is 0.0234. The molecule has 0 saturated heterocycles. The van der Waals surface area contributed by atoms with E-state index in [-0.39, 0.29) is 11.3 Å². The first kappa shape index (κ1) is 18.1. The maximum absolute atomic E-state index is 12.7. The van der Waals surface area contributed by atoms with Gasteiger partial charge in [0, 0.05) is 21.8 Å². The molecule has 28 heavy (non-hydrogen) atoms. The fourth-order valence-electron chi connectivity index (χ4n) is 3.05. The van der Waals surface area contributed by atoms with Gasteiger partial charge in [0.1, 0.15) is 17.1 Å². The van der Waals surface area contributed by atoms with Gasteiger partial charge in [-0.25, -0.2) is 4.79 Å². The minimum Gasteiger partial charge on any atom is -0.507 e. The number of hydrogen-bond donors (Lipinski definition) is 1. The highest BCUT2D eigenvalue weighted by Crippen LogP contribution is 2.39. The minimum atomic E-state index is -0.545. The van der Waals surface area contributed by atoms with Crippen LogP contribution in [0.3, 0.4) is 0 Å². The van der Waals surface area contributed by atoms with E-state index >= 15 is 0 Å². The molecule has 0 unspecified atom stereocenters. The summed E-state index contributed by atoms with van der Waals surface area (Å²) in [6.45, 7) is 0. The van der Waals surface area contributed by atoms with Crippen LogP contribution >= 0.6 is 11.8 Å². The van der Waals surface area contributed by atoms with Crippen molar-refractivity contribution in [3.05, 3.63) is 107 Å². The Morgan fingerprint density at radius 1 is 0.750 bits per heavy atom. The zero-order valence-corrected chi connectivity index (χ0v) is 15.9. The van der Waals surface area contributed by atoms with E-state index in [1.807, 2.05) is 78.9 Å². The fraction of sp³-hybridized carbons (Fsp3) is 0.0417. The lowest BCUT2D eigenvalue weighted by atomic mass is 10.0. The zero-order chi connectivity index (χ0) is 19.3. The molecule has 0 amide bonds. The van der Waals surface area contributed by atoms with Gasteiger partial charge in [0.25, 0.3) is 0 Å². The summed E-state index contributed by atoms with van der Waals surface area (Å²) in [6.07, 6.45) is 0. The van der Waals surface area contributed by atoms with Crippen LogP contribution in [0.2, 0.25) is 0 Å². The molecule has 0 aliphatic carbocycles. The first-order valence-corrected chi connectivity index (χ1v) is 9.90. The lowest BCUT2D eigenvalue weighted by Crippen LogP contribution is -2.07. The average molecular weight is 386 g/mol. The smallest absolute Gasteiger partial charge is 0.347 e. The van der Waals surface area contributed by atoms with E-state index in [0.717, 1.165) is 10.5 Å². The summed E-state index contributed by atoms with van der Waals surface area (Å²) in [5, 5.41) is 11.1. The van der Waals surface area contributed by atoms with Crippen LogP contribution in [-0.4, -0.2) is 5.11 Å². The number of hydrogen-bond acceptors (Lipinski definition) is 4. The van der Waals surface area contributed by atoms with Gasteiger partial charge in [-0.2, -0.15) is 0 Å². The van der Waals surface area contributed by atoms with Crippen molar-refractivity contribution in [2.24, 2.45) is 0 Å². The Morgan fingerprint density at radius 2 is 1.29 bits per heavy atom. The first-order valence-electron chi connectivity index (χ1n) is 8.91. The van der Waals surface area contributed by atoms with Crippen molar-refractivity contribution in [1.82, 2.24) is 0 Å². The summed E-state index contributed by atoms with van der Waals surface area (Å²) in [6, 6.07) is 28.5. The van der Waals surface area contributed by atoms with E-state index in [0.29, 0.717) is 22.6 Å². The lowest BCUT2D eigenvalue weighted by Gasteiger charge is -2.13. The highest BCUT2D eigenvalue weighted by molar-refractivity contribution is 7.98. The molecule has 1 heterocycles. The molecule has 0 atom stereocenters. The van der Waals surface area contributed by atoms with Crippen molar-refractivity contribution < 1.29 is 9.52 Å². The molecule has 4 rings (SSSR count). The molecule has 138 valence electrons. The molecular weight excluding hydrogens is 368 g/mol. The van der Waals surface area contributed by atoms with Crippen LogP contribution in [0.25, 0.3) is 22.5 Å². The van der Waals surface area contributed by atoms with Gasteiger partial charge in [-0.15, -0.1) is 11.8 Å². The van der Waals surface area contributed by atoms with Gasteiger partial charge in [0.15, 0.2) is 0 Å². The third kappa shape index (κ3) is 3.73. The molecule has 0 bridgehead atoms. The van der Waals surface area contributed by atoms with E-state index < -0.39 is 5.63 Å². The van der Waals surface area contributed by atoms with Crippen LogP contribution in [-0.2, 0) is 5.75 Å². The summed E-state index contributed by atoms with van der Waals surface area (Å²) < 4.78 is 5.72. The van der Waals surface area contributed by atoms with Gasteiger partial charge in [-0.1, -0.05) is 78.9 Å². The normalized spacial score (nSPS) is 10.7. The average Bonchev–Trinajstić information content (AvgIpc) is 2.75. The van der Waals surface area contributed by atoms with Crippen LogP contribution in [0.4, 0.5) is 0 Å². The van der Waals surface area contributed by atoms with E-state index in [9.17, 15) is 9.90 Å². The van der Waals surface area contributed by atoms with E-state index in [1.54, 1.807) is 23.9 Å². The van der Waals surface area contributed by atoms with E-state index in [2.05, 4.69) is 0 Å². The fourth-order valence-corrected chi connectivity index (χ4v) is 3.98. The second kappa shape index (κ2) is 8.19. The third-order valence-corrected chi connectivity index (χ3v) is 5.46. The van der Waals surface area contributed by atoms with Crippen molar-refractivity contribution >= 4 is 11.8 Å². The Labute approximate surface area is 167 Å². The van der Waals surface area contributed by atoms with Crippen LogP contribution in [0.1, 0.15) is 5.56 Å². The molecular formula is C24H18O3S. The van der Waals surface area contributed by atoms with Crippen molar-refractivity contribution in [1.29, 1.82) is 0 Å². The van der Waals surface area contributed by atoms with Crippen molar-refractivity contribution in [3.8, 4) is 28.2 Å². The molecule has 0 aliphatic heterocycles. The molecule has 0 aliphatic rings. The van der Waals surface area contributed by atoms with Gasteiger partial charge in [-0.3, -0.25) is 0 Å². The maximum atomic E-state index is 12.7. The predicted octanol–water partition coefficient (Wildman–Crippen LogP) is 5.97. The lowest BCUT2D eigenvalue weighted by molar-refractivity contribution is 0.449. The summed E-state index contributed by atoms with van der Waals surface area (Å²) >= 11 is 1.58. The summed E-state index contributed by atoms with van der Waals surface area (Å²) in [5.74, 6) is 0.861. The second-order valence-corrected chi connectivity index (χ2v) is 7.30. The Balaban J connectivity index is 1.85. The molecule has 1 aromatic heterocycles. The van der Waals surface area contributed by atoms with Gasteiger partial charge in [0.05, 0.1) is 0 Å². The maximum Gasteiger partial charge on any atom is 0.347 e. The summed E-state index contributed by atoms with van der Waals surface area (Å²) in [7, 11) is 0. The van der Waals surface area contributed by atoms with Gasteiger partial charge in [0.2, 0.25) is 0 Å². The number of thioether (sulfide) groups is 1. The highest BCUT2D eigenvalue weighted by Gasteiger charge is 2.21. The molecule has 0 fully saturated rings. The van der Waals surface area contributed by atoms with Crippen molar-refractivity contribution in [2.75, 3.05) is 0 Å². The highest BCUT2D eigenvalue weighted by atomic mass is 32.2. The number of benzene rings is 3. The quantitative estimate of drug-likeness (QED) is 0.429. The van der Waals surface area contributed by atoms with Crippen LogP contribution in [0.15, 0.2) is 105 Å². The first-order chi connectivity index (χ1) is 13.7. The molecule has 3 nitrogen and oxygen atoms in total. The SMILES string of the molecule is O=c1oc(-c2ccccc2)c(CSc2ccccc2)c(O)c1-c1ccccc1. The predicted molar refractivity (Wildman–Crippen MR) is 114 cm³/mol. The van der Waals surface area contributed by atoms with E-state index in [1.165, 1.54) is 0 Å². The Hall–Kier alpha value is -3.24. The van der Waals surface area contributed by atoms with Crippen molar-refractivity contribution in [3.63, 3.8) is 0 Å². The molecule has 0 radical (unpaired) electrons. The van der Waals surface area contributed by atoms with Crippen LogP contribution in [0.5, 0.6) is 5.75 Å². The Morgan fingerprint density at radius 3 is 1.89 bits per heavy atom. The third-order valence-electron chi connectivity index (χ3n) is 4.42. The van der Waals surface area contributed by atoms with Crippen LogP contribution < -0.4 is 5.63 Å². The molecule has 0 saturated carbocycles. The van der Waals surface area contributed by atoms with Crippen LogP contribution in [0, 0.1) is 0 Å². The van der Waals surface area contributed by atoms with E-state index in [4.69, 9.17) is 4.42 Å².